The van der Waals surface area contributed by atoms with Crippen LogP contribution in [0, 0.1) is 33.5 Å². The highest BCUT2D eigenvalue weighted by Gasteiger charge is 2.70. The molecular weight excluding hydrogens is 676 g/mol. The minimum absolute atomic E-state index is 0.00372. The first-order valence-corrected chi connectivity index (χ1v) is 20.0. The third kappa shape index (κ3) is 8.90. The van der Waals surface area contributed by atoms with Crippen LogP contribution in [0.5, 0.6) is 0 Å². The molecule has 5 fully saturated rings. The van der Waals surface area contributed by atoms with E-state index in [0.717, 1.165) is 32.1 Å². The van der Waals surface area contributed by atoms with Gasteiger partial charge >= 0.3 is 6.03 Å². The third-order valence-electron chi connectivity index (χ3n) is 12.9. The maximum Gasteiger partial charge on any atom is 0.315 e. The van der Waals surface area contributed by atoms with Crippen molar-refractivity contribution in [1.82, 2.24) is 31.1 Å². The lowest BCUT2D eigenvalue weighted by atomic mass is 9.70. The van der Waals surface area contributed by atoms with Crippen molar-refractivity contribution in [3.8, 4) is 0 Å². The van der Waals surface area contributed by atoms with Crippen LogP contribution >= 0.6 is 0 Å². The van der Waals surface area contributed by atoms with E-state index in [2.05, 4.69) is 35.1 Å². The number of hydrogen-bond donors (Lipinski definition) is 4. The number of likely N-dealkylation sites (tertiary alicyclic amines) is 2. The minimum atomic E-state index is -1.00. The number of fused-ring (bicyclic) bond motifs is 1. The number of imide groups is 1. The van der Waals surface area contributed by atoms with Crippen LogP contribution in [-0.2, 0) is 28.8 Å². The molecule has 2 heterocycles. The van der Waals surface area contributed by atoms with Gasteiger partial charge in [-0.1, -0.05) is 88.0 Å². The van der Waals surface area contributed by atoms with Crippen LogP contribution in [0.4, 0.5) is 4.79 Å². The summed E-state index contributed by atoms with van der Waals surface area (Å²) in [5.41, 5.74) is -1.74. The number of piperidine rings is 2. The highest BCUT2D eigenvalue weighted by atomic mass is 16.2. The second-order valence-corrected chi connectivity index (χ2v) is 19.5. The Labute approximate surface area is 315 Å². The van der Waals surface area contributed by atoms with E-state index in [4.69, 9.17) is 0 Å². The lowest BCUT2D eigenvalue weighted by molar-refractivity contribution is -0.153. The van der Waals surface area contributed by atoms with E-state index in [1.807, 2.05) is 48.5 Å². The number of amides is 7. The van der Waals surface area contributed by atoms with E-state index in [1.54, 1.807) is 4.90 Å². The zero-order valence-corrected chi connectivity index (χ0v) is 33.5. The number of urea groups is 1. The Balaban J connectivity index is 1.36. The first kappa shape index (κ1) is 40.7. The van der Waals surface area contributed by atoms with Crippen molar-refractivity contribution in [2.24, 2.45) is 33.5 Å². The number of carbonyl (C=O) groups is 7. The Hall–Kier alpha value is -3.51. The van der Waals surface area contributed by atoms with E-state index in [0.29, 0.717) is 32.2 Å². The number of carbonyl (C=O) groups excluding carboxylic acids is 7. The molecule has 3 saturated carbocycles. The molecule has 7 amide bonds. The van der Waals surface area contributed by atoms with Crippen molar-refractivity contribution in [2.75, 3.05) is 13.1 Å². The maximum absolute atomic E-state index is 14.9. The van der Waals surface area contributed by atoms with Crippen LogP contribution in [0.25, 0.3) is 0 Å². The highest BCUT2D eigenvalue weighted by molar-refractivity contribution is 6.38. The number of nitrogens with one attached hydrogen (secondary N) is 4. The molecule has 13 heteroatoms. The average molecular weight is 741 g/mol. The summed E-state index contributed by atoms with van der Waals surface area (Å²) in [6.07, 6.45) is 7.26. The average Bonchev–Trinajstić information content (AvgIpc) is 3.90. The lowest BCUT2D eigenvalue weighted by Gasteiger charge is -2.44. The molecule has 3 aliphatic carbocycles. The van der Waals surface area contributed by atoms with Gasteiger partial charge in [0, 0.05) is 32.0 Å². The van der Waals surface area contributed by atoms with E-state index in [-0.39, 0.29) is 60.4 Å². The minimum Gasteiger partial charge on any atom is -0.347 e. The summed E-state index contributed by atoms with van der Waals surface area (Å²) < 4.78 is 0. The van der Waals surface area contributed by atoms with E-state index >= 15 is 0 Å². The van der Waals surface area contributed by atoms with Crippen LogP contribution in [0.15, 0.2) is 0 Å². The highest BCUT2D eigenvalue weighted by Crippen LogP contribution is 2.65. The van der Waals surface area contributed by atoms with Gasteiger partial charge in [0.2, 0.25) is 29.4 Å². The Morgan fingerprint density at radius 1 is 0.868 bits per heavy atom. The molecule has 53 heavy (non-hydrogen) atoms. The Morgan fingerprint density at radius 2 is 1.47 bits per heavy atom. The predicted octanol–water partition coefficient (Wildman–Crippen LogP) is 3.83. The van der Waals surface area contributed by atoms with E-state index in [9.17, 15) is 33.6 Å². The molecule has 0 spiro atoms. The summed E-state index contributed by atoms with van der Waals surface area (Å²) in [6.45, 7) is 18.0. The molecule has 0 aromatic rings. The second-order valence-electron chi connectivity index (χ2n) is 19.5. The van der Waals surface area contributed by atoms with Gasteiger partial charge in [-0.05, 0) is 65.6 Å². The summed E-state index contributed by atoms with van der Waals surface area (Å²) in [4.78, 5) is 98.0. The SMILES string of the molecule is CCCC(NC(=O)[C@@H]1[C@@H]2[C@H](CN1C(=O)[C@@H](NC(=O)N[C@H](CN1C(=O)CC(C)(C)CC1=O)C(C)(C)C)C1(C)CCCCC1)C2(C)C)C(=O)C(=O)NC1CC1. The Kier molecular flexibility index (Phi) is 11.5. The molecule has 0 aromatic carbocycles. The van der Waals surface area contributed by atoms with E-state index in [1.165, 1.54) is 4.90 Å². The first-order chi connectivity index (χ1) is 24.6. The van der Waals surface area contributed by atoms with Gasteiger partial charge in [-0.25, -0.2) is 4.79 Å². The summed E-state index contributed by atoms with van der Waals surface area (Å²) in [5, 5.41) is 11.7. The Bertz CT molecular complexity index is 1470. The molecule has 6 atom stereocenters. The number of hydrogen-bond acceptors (Lipinski definition) is 7. The van der Waals surface area contributed by atoms with Crippen molar-refractivity contribution in [3.63, 3.8) is 0 Å². The van der Waals surface area contributed by atoms with Gasteiger partial charge in [-0.3, -0.25) is 33.7 Å². The second kappa shape index (κ2) is 15.0. The van der Waals surface area contributed by atoms with Gasteiger partial charge in [0.05, 0.1) is 12.1 Å². The zero-order valence-electron chi connectivity index (χ0n) is 33.5. The van der Waals surface area contributed by atoms with Gasteiger partial charge in [-0.15, -0.1) is 0 Å². The predicted molar refractivity (Wildman–Crippen MR) is 199 cm³/mol. The largest absolute Gasteiger partial charge is 0.347 e. The molecule has 1 unspecified atom stereocenters. The van der Waals surface area contributed by atoms with Crippen molar-refractivity contribution in [3.05, 3.63) is 0 Å². The molecule has 0 bridgehead atoms. The van der Waals surface area contributed by atoms with Gasteiger partial charge in [-0.2, -0.15) is 0 Å². The number of rotatable bonds is 13. The van der Waals surface area contributed by atoms with Gasteiger partial charge in [0.15, 0.2) is 0 Å². The number of Topliss-reactive ketones (excluding diaryl/α,β-unsaturated/α-hetero) is 1. The lowest BCUT2D eigenvalue weighted by Crippen LogP contribution is -2.64. The van der Waals surface area contributed by atoms with Crippen molar-refractivity contribution >= 4 is 41.4 Å². The fraction of sp³-hybridized carbons (Fsp3) is 0.825. The molecule has 0 aromatic heterocycles. The van der Waals surface area contributed by atoms with Gasteiger partial charge in [0.1, 0.15) is 12.1 Å². The molecule has 4 N–H and O–H groups in total. The first-order valence-electron chi connectivity index (χ1n) is 20.0. The zero-order chi connectivity index (χ0) is 39.3. The molecular formula is C40H64N6O7. The molecule has 2 aliphatic heterocycles. The summed E-state index contributed by atoms with van der Waals surface area (Å²) >= 11 is 0. The van der Waals surface area contributed by atoms with Crippen LogP contribution in [0.1, 0.15) is 133 Å². The summed E-state index contributed by atoms with van der Waals surface area (Å²) in [5.74, 6) is -2.75. The smallest absolute Gasteiger partial charge is 0.315 e. The van der Waals surface area contributed by atoms with Crippen molar-refractivity contribution in [2.45, 2.75) is 163 Å². The number of ketones is 1. The molecule has 296 valence electrons. The van der Waals surface area contributed by atoms with Crippen LogP contribution in [-0.4, -0.2) is 94.4 Å². The monoisotopic (exact) mass is 740 g/mol. The normalized spacial score (nSPS) is 27.5. The fourth-order valence-electron chi connectivity index (χ4n) is 9.08. The topological polar surface area (TPSA) is 174 Å². The van der Waals surface area contributed by atoms with Crippen LogP contribution in [0.2, 0.25) is 0 Å². The van der Waals surface area contributed by atoms with Crippen molar-refractivity contribution in [1.29, 1.82) is 0 Å². The molecule has 13 nitrogen and oxygen atoms in total. The standard InChI is InChI=1S/C40H64N6O7/c1-10-14-25(31(49)34(51)41-23-15-16-23)42-33(50)30-29-24(39(29,7)8)21-46(30)35(52)32(40(9)17-12-11-13-18-40)44-36(53)43-26(37(2,3)4)22-45-27(47)19-38(5,6)20-28(45)48/h23-26,29-30,32H,10-22H2,1-9H3,(H,41,51)(H,42,50)(H2,43,44,53)/t24-,25?,26+,29-,30-,32+/m0/s1. The summed E-state index contributed by atoms with van der Waals surface area (Å²) in [6, 6.07) is -3.98. The van der Waals surface area contributed by atoms with Gasteiger partial charge in [0.25, 0.3) is 5.91 Å². The van der Waals surface area contributed by atoms with E-state index < -0.39 is 64.0 Å². The molecule has 2 saturated heterocycles. The Morgan fingerprint density at radius 3 is 2.02 bits per heavy atom. The molecule has 5 aliphatic rings. The summed E-state index contributed by atoms with van der Waals surface area (Å²) in [7, 11) is 0. The van der Waals surface area contributed by atoms with Crippen LogP contribution in [0.3, 0.4) is 0 Å². The quantitative estimate of drug-likeness (QED) is 0.164. The van der Waals surface area contributed by atoms with Gasteiger partial charge < -0.3 is 26.2 Å². The van der Waals surface area contributed by atoms with Crippen molar-refractivity contribution < 1.29 is 33.6 Å². The molecule has 0 radical (unpaired) electrons. The number of nitrogens with zero attached hydrogens (tertiary/aromatic N) is 2. The maximum atomic E-state index is 14.9. The fourth-order valence-corrected chi connectivity index (χ4v) is 9.08. The molecule has 5 rings (SSSR count). The third-order valence-corrected chi connectivity index (χ3v) is 12.9. The van der Waals surface area contributed by atoms with Crippen LogP contribution < -0.4 is 21.3 Å².